The van der Waals surface area contributed by atoms with Gasteiger partial charge in [0.15, 0.2) is 0 Å². The number of amides is 2. The van der Waals surface area contributed by atoms with Crippen molar-refractivity contribution in [1.29, 1.82) is 0 Å². The van der Waals surface area contributed by atoms with E-state index in [2.05, 4.69) is 10.6 Å². The summed E-state index contributed by atoms with van der Waals surface area (Å²) in [4.78, 5) is 11.1. The fourth-order valence-corrected chi connectivity index (χ4v) is 0.768. The summed E-state index contributed by atoms with van der Waals surface area (Å²) in [5.41, 5.74) is -1.25. The fraction of sp³-hybridized carbons (Fsp3) is 0.889. The Balaban J connectivity index is 3.53. The van der Waals surface area contributed by atoms with E-state index >= 15 is 0 Å². The molecule has 0 fully saturated rings. The summed E-state index contributed by atoms with van der Waals surface area (Å²) in [6.07, 6.45) is 1.96. The second kappa shape index (κ2) is 6.62. The summed E-state index contributed by atoms with van der Waals surface area (Å²) in [6.45, 7) is 3.79. The Morgan fingerprint density at radius 1 is 1.43 bits per heavy atom. The molecule has 0 heterocycles. The van der Waals surface area contributed by atoms with Crippen LogP contribution in [0.1, 0.15) is 26.7 Å². The van der Waals surface area contributed by atoms with Crippen molar-refractivity contribution in [3.8, 4) is 0 Å². The van der Waals surface area contributed by atoms with Crippen molar-refractivity contribution >= 4 is 6.03 Å². The Morgan fingerprint density at radius 3 is 2.57 bits per heavy atom. The molecular weight excluding hydrogens is 184 g/mol. The number of urea groups is 1. The number of nitrogens with one attached hydrogen (secondary N) is 2. The Bertz CT molecular complexity index is 171. The van der Waals surface area contributed by atoms with Crippen molar-refractivity contribution < 1.29 is 15.0 Å². The molecule has 4 N–H and O–H groups in total. The van der Waals surface area contributed by atoms with Crippen LogP contribution < -0.4 is 10.6 Å². The van der Waals surface area contributed by atoms with E-state index in [9.17, 15) is 9.90 Å². The first-order valence-electron chi connectivity index (χ1n) is 4.87. The molecule has 0 bridgehead atoms. The van der Waals surface area contributed by atoms with Gasteiger partial charge in [0, 0.05) is 6.54 Å². The third-order valence-electron chi connectivity index (χ3n) is 1.79. The van der Waals surface area contributed by atoms with Crippen LogP contribution in [-0.4, -0.2) is 41.5 Å². The maximum atomic E-state index is 11.1. The molecule has 0 aliphatic rings. The highest BCUT2D eigenvalue weighted by Gasteiger charge is 2.19. The molecule has 0 rings (SSSR count). The smallest absolute Gasteiger partial charge is 0.314 e. The molecule has 1 atom stereocenters. The largest absolute Gasteiger partial charge is 0.393 e. The number of hydrogen-bond acceptors (Lipinski definition) is 3. The van der Waals surface area contributed by atoms with Gasteiger partial charge in [-0.05, 0) is 13.3 Å². The van der Waals surface area contributed by atoms with Crippen molar-refractivity contribution in [2.75, 3.05) is 19.7 Å². The predicted molar refractivity (Wildman–Crippen MR) is 54.0 cm³/mol. The van der Waals surface area contributed by atoms with E-state index in [0.717, 1.165) is 12.8 Å². The van der Waals surface area contributed by atoms with Gasteiger partial charge in [-0.25, -0.2) is 4.79 Å². The number of unbranched alkanes of at least 4 members (excludes halogenated alkanes) is 1. The van der Waals surface area contributed by atoms with Crippen LogP contribution in [0.25, 0.3) is 0 Å². The zero-order valence-corrected chi connectivity index (χ0v) is 8.84. The molecule has 0 aromatic heterocycles. The lowest BCUT2D eigenvalue weighted by Crippen LogP contribution is -2.46. The molecule has 0 aromatic carbocycles. The highest BCUT2D eigenvalue weighted by Crippen LogP contribution is 1.97. The average Bonchev–Trinajstić information content (AvgIpc) is 2.16. The first-order chi connectivity index (χ1) is 6.52. The number of carbonyl (C=O) groups excluding carboxylic acids is 1. The highest BCUT2D eigenvalue weighted by atomic mass is 16.3. The quantitative estimate of drug-likeness (QED) is 0.453. The molecule has 0 saturated heterocycles. The van der Waals surface area contributed by atoms with Crippen molar-refractivity contribution in [1.82, 2.24) is 10.6 Å². The lowest BCUT2D eigenvalue weighted by Gasteiger charge is -2.20. The lowest BCUT2D eigenvalue weighted by molar-refractivity contribution is 0.00483. The third-order valence-corrected chi connectivity index (χ3v) is 1.79. The molecule has 1 unspecified atom stereocenters. The molecule has 5 heteroatoms. The summed E-state index contributed by atoms with van der Waals surface area (Å²) >= 11 is 0. The van der Waals surface area contributed by atoms with Gasteiger partial charge >= 0.3 is 6.03 Å². The van der Waals surface area contributed by atoms with Crippen LogP contribution in [-0.2, 0) is 0 Å². The maximum absolute atomic E-state index is 11.1. The molecule has 0 aromatic rings. The van der Waals surface area contributed by atoms with Crippen LogP contribution in [0.2, 0.25) is 0 Å². The van der Waals surface area contributed by atoms with Crippen LogP contribution in [0, 0.1) is 0 Å². The van der Waals surface area contributed by atoms with Gasteiger partial charge in [0.25, 0.3) is 0 Å². The van der Waals surface area contributed by atoms with E-state index in [0.29, 0.717) is 6.54 Å². The van der Waals surface area contributed by atoms with E-state index in [1.165, 1.54) is 6.92 Å². The summed E-state index contributed by atoms with van der Waals surface area (Å²) in [5.74, 6) is 0. The first kappa shape index (κ1) is 13.2. The van der Waals surface area contributed by atoms with E-state index in [1.807, 2.05) is 6.92 Å². The Kier molecular flexibility index (Phi) is 6.23. The minimum Gasteiger partial charge on any atom is -0.393 e. The van der Waals surface area contributed by atoms with Crippen LogP contribution in [0.3, 0.4) is 0 Å². The zero-order valence-electron chi connectivity index (χ0n) is 8.84. The highest BCUT2D eigenvalue weighted by molar-refractivity contribution is 5.73. The van der Waals surface area contributed by atoms with Crippen molar-refractivity contribution in [3.05, 3.63) is 0 Å². The summed E-state index contributed by atoms with van der Waals surface area (Å²) < 4.78 is 0. The molecule has 0 radical (unpaired) electrons. The van der Waals surface area contributed by atoms with E-state index in [4.69, 9.17) is 5.11 Å². The van der Waals surface area contributed by atoms with E-state index in [-0.39, 0.29) is 19.2 Å². The zero-order chi connectivity index (χ0) is 11.0. The van der Waals surface area contributed by atoms with Crippen LogP contribution >= 0.6 is 0 Å². The maximum Gasteiger partial charge on any atom is 0.314 e. The fourth-order valence-electron chi connectivity index (χ4n) is 0.768. The average molecular weight is 204 g/mol. The molecule has 0 spiro atoms. The molecule has 84 valence electrons. The Hall–Kier alpha value is -0.810. The van der Waals surface area contributed by atoms with Crippen molar-refractivity contribution in [2.45, 2.75) is 32.3 Å². The number of aliphatic hydroxyl groups is 2. The van der Waals surface area contributed by atoms with Gasteiger partial charge in [-0.2, -0.15) is 0 Å². The van der Waals surface area contributed by atoms with Crippen LogP contribution in [0.15, 0.2) is 0 Å². The topological polar surface area (TPSA) is 81.6 Å². The van der Waals surface area contributed by atoms with Gasteiger partial charge in [-0.15, -0.1) is 0 Å². The third kappa shape index (κ3) is 6.68. The molecule has 0 saturated carbocycles. The van der Waals surface area contributed by atoms with Gasteiger partial charge < -0.3 is 20.8 Å². The van der Waals surface area contributed by atoms with Gasteiger partial charge in [-0.3, -0.25) is 0 Å². The van der Waals surface area contributed by atoms with Gasteiger partial charge in [0.1, 0.15) is 5.60 Å². The molecule has 0 aliphatic carbocycles. The molecule has 5 nitrogen and oxygen atoms in total. The number of aliphatic hydroxyl groups excluding tert-OH is 1. The molecule has 0 aliphatic heterocycles. The van der Waals surface area contributed by atoms with Gasteiger partial charge in [0.2, 0.25) is 0 Å². The SMILES string of the molecule is CCCCNC(=O)NCC(C)(O)CO. The first-order valence-corrected chi connectivity index (χ1v) is 4.87. The van der Waals surface area contributed by atoms with Gasteiger partial charge in [-0.1, -0.05) is 13.3 Å². The summed E-state index contributed by atoms with van der Waals surface area (Å²) in [7, 11) is 0. The monoisotopic (exact) mass is 204 g/mol. The minimum atomic E-state index is -1.25. The second-order valence-electron chi connectivity index (χ2n) is 3.62. The van der Waals surface area contributed by atoms with Crippen LogP contribution in [0.5, 0.6) is 0 Å². The normalized spacial score (nSPS) is 14.6. The number of hydrogen-bond donors (Lipinski definition) is 4. The van der Waals surface area contributed by atoms with Crippen LogP contribution in [0.4, 0.5) is 4.79 Å². The Labute approximate surface area is 84.5 Å². The molecule has 14 heavy (non-hydrogen) atoms. The summed E-state index contributed by atoms with van der Waals surface area (Å²) in [6, 6.07) is -0.313. The lowest BCUT2D eigenvalue weighted by atomic mass is 10.1. The van der Waals surface area contributed by atoms with Crippen molar-refractivity contribution in [3.63, 3.8) is 0 Å². The number of rotatable bonds is 6. The van der Waals surface area contributed by atoms with E-state index < -0.39 is 5.60 Å². The Morgan fingerprint density at radius 2 is 2.07 bits per heavy atom. The van der Waals surface area contributed by atoms with Crippen molar-refractivity contribution in [2.24, 2.45) is 0 Å². The second-order valence-corrected chi connectivity index (χ2v) is 3.62. The predicted octanol–water partition coefficient (Wildman–Crippen LogP) is -0.171. The number of carbonyl (C=O) groups is 1. The molecular formula is C9H20N2O3. The standard InChI is InChI=1S/C9H20N2O3/c1-3-4-5-10-8(13)11-6-9(2,14)7-12/h12,14H,3-7H2,1-2H3,(H2,10,11,13). The molecule has 2 amide bonds. The van der Waals surface area contributed by atoms with Gasteiger partial charge in [0.05, 0.1) is 13.2 Å². The van der Waals surface area contributed by atoms with E-state index in [1.54, 1.807) is 0 Å². The minimum absolute atomic E-state index is 0.0431. The summed E-state index contributed by atoms with van der Waals surface area (Å²) in [5, 5.41) is 23.2.